The van der Waals surface area contributed by atoms with Crippen molar-refractivity contribution in [2.75, 3.05) is 30.4 Å². The standard InChI is InChI=1S/C22H26N6OS/c1-4-8-20(28(23)22(29)25-11-7-12-30-3)14-18-15-24-16-26-21(18)27-19-10-6-9-17(5-2)13-19/h2,4,6,8-10,13-14,16H,1,7,11-12,15,23H2,3H3,(H,25,29)(H,24,26,27)/b18-14+,20-8+. The molecule has 7 nitrogen and oxygen atoms in total. The third-order valence-corrected chi connectivity index (χ3v) is 4.73. The van der Waals surface area contributed by atoms with Gasteiger partial charge in [0.15, 0.2) is 0 Å². The zero-order valence-corrected chi connectivity index (χ0v) is 17.8. The van der Waals surface area contributed by atoms with E-state index in [1.807, 2.05) is 30.5 Å². The van der Waals surface area contributed by atoms with Crippen LogP contribution in [0.15, 0.2) is 70.3 Å². The SMILES string of the molecule is C#Cc1cccc(NC2=NC=NC/C2=C\C(=C/C=C)N(N)C(=O)NCCCSC)c1. The molecule has 0 aromatic heterocycles. The zero-order chi connectivity index (χ0) is 21.8. The molecule has 156 valence electrons. The van der Waals surface area contributed by atoms with Gasteiger partial charge in [0.2, 0.25) is 0 Å². The van der Waals surface area contributed by atoms with Crippen molar-refractivity contribution >= 4 is 35.7 Å². The van der Waals surface area contributed by atoms with Gasteiger partial charge in [-0.2, -0.15) is 11.8 Å². The van der Waals surface area contributed by atoms with Crippen molar-refractivity contribution < 1.29 is 4.79 Å². The number of aliphatic imine (C=N–C) groups is 2. The average Bonchev–Trinajstić information content (AvgIpc) is 2.77. The predicted molar refractivity (Wildman–Crippen MR) is 128 cm³/mol. The summed E-state index contributed by atoms with van der Waals surface area (Å²) < 4.78 is 0. The third kappa shape index (κ3) is 6.95. The largest absolute Gasteiger partial charge is 0.340 e. The molecule has 0 atom stereocenters. The van der Waals surface area contributed by atoms with Crippen molar-refractivity contribution in [2.45, 2.75) is 6.42 Å². The van der Waals surface area contributed by atoms with E-state index in [4.69, 9.17) is 12.3 Å². The van der Waals surface area contributed by atoms with Gasteiger partial charge < -0.3 is 10.6 Å². The molecular weight excluding hydrogens is 396 g/mol. The van der Waals surface area contributed by atoms with E-state index >= 15 is 0 Å². The van der Waals surface area contributed by atoms with E-state index in [0.29, 0.717) is 24.6 Å². The number of allylic oxidation sites excluding steroid dienone is 3. The van der Waals surface area contributed by atoms with Crippen LogP contribution in [0.25, 0.3) is 0 Å². The normalized spacial score (nSPS) is 14.6. The van der Waals surface area contributed by atoms with Crippen molar-refractivity contribution in [1.82, 2.24) is 10.3 Å². The average molecular weight is 423 g/mol. The second kappa shape index (κ2) is 12.3. The van der Waals surface area contributed by atoms with Gasteiger partial charge in [0, 0.05) is 23.4 Å². The second-order valence-electron chi connectivity index (χ2n) is 6.23. The van der Waals surface area contributed by atoms with Gasteiger partial charge in [-0.05, 0) is 48.8 Å². The van der Waals surface area contributed by atoms with Crippen LogP contribution in [0.1, 0.15) is 12.0 Å². The number of urea groups is 1. The molecule has 1 aromatic carbocycles. The topological polar surface area (TPSA) is 95.1 Å². The summed E-state index contributed by atoms with van der Waals surface area (Å²) in [6.45, 7) is 4.65. The summed E-state index contributed by atoms with van der Waals surface area (Å²) in [7, 11) is 0. The van der Waals surface area contributed by atoms with Crippen LogP contribution in [-0.2, 0) is 0 Å². The number of hydrogen-bond donors (Lipinski definition) is 3. The van der Waals surface area contributed by atoms with Gasteiger partial charge in [-0.3, -0.25) is 4.99 Å². The molecule has 1 aromatic rings. The molecule has 0 aliphatic carbocycles. The van der Waals surface area contributed by atoms with E-state index in [0.717, 1.165) is 34.0 Å². The van der Waals surface area contributed by atoms with Crippen LogP contribution in [0, 0.1) is 12.3 Å². The Morgan fingerprint density at radius 3 is 3.07 bits per heavy atom. The highest BCUT2D eigenvalue weighted by atomic mass is 32.2. The highest BCUT2D eigenvalue weighted by Crippen LogP contribution is 2.16. The Kier molecular flexibility index (Phi) is 9.45. The monoisotopic (exact) mass is 422 g/mol. The molecule has 30 heavy (non-hydrogen) atoms. The van der Waals surface area contributed by atoms with Crippen LogP contribution in [0.5, 0.6) is 0 Å². The van der Waals surface area contributed by atoms with Crippen LogP contribution in [0.2, 0.25) is 0 Å². The number of hydrazine groups is 1. The van der Waals surface area contributed by atoms with Gasteiger partial charge in [-0.1, -0.05) is 24.6 Å². The highest BCUT2D eigenvalue weighted by Gasteiger charge is 2.16. The number of carbonyl (C=O) groups excluding carboxylic acids is 1. The smallest absolute Gasteiger partial charge is 0.336 e. The van der Waals surface area contributed by atoms with Gasteiger partial charge in [0.25, 0.3) is 0 Å². The molecule has 2 amide bonds. The Labute approximate surface area is 181 Å². The molecule has 1 aliphatic heterocycles. The van der Waals surface area contributed by atoms with Gasteiger partial charge in [-0.25, -0.2) is 20.6 Å². The first-order valence-electron chi connectivity index (χ1n) is 9.34. The maximum atomic E-state index is 12.4. The lowest BCUT2D eigenvalue weighted by Gasteiger charge is -2.20. The summed E-state index contributed by atoms with van der Waals surface area (Å²) in [5.74, 6) is 10.2. The van der Waals surface area contributed by atoms with E-state index < -0.39 is 6.03 Å². The number of nitrogens with two attached hydrogens (primary N) is 1. The predicted octanol–water partition coefficient (Wildman–Crippen LogP) is 3.15. The number of benzene rings is 1. The molecule has 1 heterocycles. The van der Waals surface area contributed by atoms with Crippen molar-refractivity contribution in [3.05, 3.63) is 65.9 Å². The third-order valence-electron chi connectivity index (χ3n) is 4.04. The number of terminal acetylenes is 1. The number of amides is 2. The summed E-state index contributed by atoms with van der Waals surface area (Å²) in [5.41, 5.74) is 2.79. The van der Waals surface area contributed by atoms with E-state index in [1.54, 1.807) is 30.0 Å². The zero-order valence-electron chi connectivity index (χ0n) is 17.0. The number of hydrogen-bond acceptors (Lipinski definition) is 6. The first kappa shape index (κ1) is 23.0. The van der Waals surface area contributed by atoms with Crippen LogP contribution in [0.3, 0.4) is 0 Å². The lowest BCUT2D eigenvalue weighted by molar-refractivity contribution is 0.213. The van der Waals surface area contributed by atoms with Gasteiger partial charge >= 0.3 is 6.03 Å². The molecular formula is C22H26N6OS. The molecule has 0 saturated carbocycles. The number of thioether (sulfide) groups is 1. The Bertz CT molecular complexity index is 926. The minimum absolute atomic E-state index is 0.387. The molecule has 0 fully saturated rings. The van der Waals surface area contributed by atoms with Gasteiger partial charge in [0.1, 0.15) is 12.2 Å². The van der Waals surface area contributed by atoms with Crippen LogP contribution in [-0.4, -0.2) is 48.3 Å². The number of rotatable bonds is 8. The lowest BCUT2D eigenvalue weighted by atomic mass is 10.1. The maximum absolute atomic E-state index is 12.4. The Hall–Kier alpha value is -3.28. The summed E-state index contributed by atoms with van der Waals surface area (Å²) in [5, 5.41) is 7.11. The maximum Gasteiger partial charge on any atom is 0.336 e. The molecule has 0 spiro atoms. The Morgan fingerprint density at radius 2 is 2.33 bits per heavy atom. The Morgan fingerprint density at radius 1 is 1.50 bits per heavy atom. The van der Waals surface area contributed by atoms with Crippen LogP contribution < -0.4 is 16.5 Å². The molecule has 8 heteroatoms. The molecule has 4 N–H and O–H groups in total. The molecule has 0 bridgehead atoms. The van der Waals surface area contributed by atoms with E-state index in [2.05, 4.69) is 33.1 Å². The van der Waals surface area contributed by atoms with Crippen molar-refractivity contribution in [2.24, 2.45) is 15.8 Å². The molecule has 0 saturated heterocycles. The first-order valence-corrected chi connectivity index (χ1v) is 10.7. The fourth-order valence-electron chi connectivity index (χ4n) is 2.56. The summed E-state index contributed by atoms with van der Waals surface area (Å²) >= 11 is 1.73. The molecule has 0 radical (unpaired) electrons. The van der Waals surface area contributed by atoms with E-state index in [1.165, 1.54) is 6.34 Å². The number of nitrogens with one attached hydrogen (secondary N) is 2. The summed E-state index contributed by atoms with van der Waals surface area (Å²) in [6.07, 6.45) is 14.8. The number of carbonyl (C=O) groups is 1. The van der Waals surface area contributed by atoms with E-state index in [9.17, 15) is 4.79 Å². The summed E-state index contributed by atoms with van der Waals surface area (Å²) in [6, 6.07) is 7.06. The van der Waals surface area contributed by atoms with Gasteiger partial charge in [0.05, 0.1) is 12.2 Å². The Balaban J connectivity index is 2.18. The lowest BCUT2D eigenvalue weighted by Crippen LogP contribution is -2.44. The minimum atomic E-state index is -0.395. The van der Waals surface area contributed by atoms with Crippen LogP contribution >= 0.6 is 11.8 Å². The summed E-state index contributed by atoms with van der Waals surface area (Å²) in [4.78, 5) is 20.9. The first-order chi connectivity index (χ1) is 14.6. The van der Waals surface area contributed by atoms with Crippen LogP contribution in [0.4, 0.5) is 10.5 Å². The fraction of sp³-hybridized carbons (Fsp3) is 0.227. The molecule has 1 aliphatic rings. The molecule has 0 unspecified atom stereocenters. The molecule has 2 rings (SSSR count). The fourth-order valence-corrected chi connectivity index (χ4v) is 2.99. The van der Waals surface area contributed by atoms with Gasteiger partial charge in [-0.15, -0.1) is 6.42 Å². The number of nitrogens with zero attached hydrogens (tertiary/aromatic N) is 3. The minimum Gasteiger partial charge on any atom is -0.340 e. The van der Waals surface area contributed by atoms with Crippen molar-refractivity contribution in [3.63, 3.8) is 0 Å². The van der Waals surface area contributed by atoms with Crippen molar-refractivity contribution in [1.29, 1.82) is 0 Å². The second-order valence-corrected chi connectivity index (χ2v) is 7.21. The number of anilines is 1. The highest BCUT2D eigenvalue weighted by molar-refractivity contribution is 7.98. The van der Waals surface area contributed by atoms with Crippen molar-refractivity contribution in [3.8, 4) is 12.3 Å². The number of amidine groups is 1. The quantitative estimate of drug-likeness (QED) is 0.150. The van der Waals surface area contributed by atoms with E-state index in [-0.39, 0.29) is 0 Å².